The second kappa shape index (κ2) is 11.4. The lowest BCUT2D eigenvalue weighted by molar-refractivity contribution is -0.132. The van der Waals surface area contributed by atoms with Gasteiger partial charge in [0.15, 0.2) is 28.7 Å². The number of aliphatic imine (C=N–C) groups is 1. The van der Waals surface area contributed by atoms with Gasteiger partial charge < -0.3 is 23.7 Å². The van der Waals surface area contributed by atoms with Crippen molar-refractivity contribution in [2.75, 3.05) is 13.7 Å². The van der Waals surface area contributed by atoms with Gasteiger partial charge in [0.05, 0.1) is 19.3 Å². The van der Waals surface area contributed by atoms with E-state index in [0.717, 1.165) is 5.56 Å². The first-order valence-electron chi connectivity index (χ1n) is 11.7. The van der Waals surface area contributed by atoms with Gasteiger partial charge in [-0.1, -0.05) is 23.8 Å². The first-order chi connectivity index (χ1) is 18.3. The number of carbonyl (C=O) groups excluding carboxylic acids is 3. The van der Waals surface area contributed by atoms with E-state index in [9.17, 15) is 14.4 Å². The Morgan fingerprint density at radius 2 is 1.63 bits per heavy atom. The zero-order chi connectivity index (χ0) is 27.2. The van der Waals surface area contributed by atoms with Crippen LogP contribution in [0.5, 0.6) is 23.0 Å². The number of methoxy groups -OCH3 is 1. The van der Waals surface area contributed by atoms with E-state index < -0.39 is 17.9 Å². The van der Waals surface area contributed by atoms with Crippen LogP contribution < -0.4 is 18.9 Å². The molecule has 1 aliphatic heterocycles. The van der Waals surface area contributed by atoms with Crippen molar-refractivity contribution in [2.45, 2.75) is 20.8 Å². The summed E-state index contributed by atoms with van der Waals surface area (Å²) >= 11 is 0. The van der Waals surface area contributed by atoms with Crippen molar-refractivity contribution in [1.29, 1.82) is 0 Å². The molecule has 3 aromatic rings. The molecule has 0 N–H and O–H groups in total. The molecule has 9 nitrogen and oxygen atoms in total. The molecule has 9 heteroatoms. The Bertz CT molecular complexity index is 1450. The molecule has 0 aromatic heterocycles. The predicted molar refractivity (Wildman–Crippen MR) is 139 cm³/mol. The second-order valence-electron chi connectivity index (χ2n) is 8.19. The number of hydrogen-bond acceptors (Lipinski definition) is 9. The van der Waals surface area contributed by atoms with Gasteiger partial charge in [0.1, 0.15) is 0 Å². The van der Waals surface area contributed by atoms with Gasteiger partial charge in [0.25, 0.3) is 0 Å². The number of hydrogen-bond donors (Lipinski definition) is 0. The summed E-state index contributed by atoms with van der Waals surface area (Å²) in [6, 6.07) is 16.6. The van der Waals surface area contributed by atoms with Crippen LogP contribution in [0.25, 0.3) is 6.08 Å². The predicted octanol–water partition coefficient (Wildman–Crippen LogP) is 4.89. The van der Waals surface area contributed by atoms with Crippen LogP contribution >= 0.6 is 0 Å². The number of nitrogens with zero attached hydrogens (tertiary/aromatic N) is 1. The third kappa shape index (κ3) is 6.07. The highest BCUT2D eigenvalue weighted by molar-refractivity contribution is 6.13. The Balaban J connectivity index is 1.58. The zero-order valence-corrected chi connectivity index (χ0v) is 21.3. The van der Waals surface area contributed by atoms with Crippen molar-refractivity contribution in [3.8, 4) is 23.0 Å². The van der Waals surface area contributed by atoms with E-state index in [2.05, 4.69) is 4.99 Å². The molecule has 0 fully saturated rings. The molecule has 4 rings (SSSR count). The van der Waals surface area contributed by atoms with Crippen molar-refractivity contribution in [3.05, 3.63) is 88.6 Å². The summed E-state index contributed by atoms with van der Waals surface area (Å²) in [4.78, 5) is 40.7. The number of carbonyl (C=O) groups is 3. The summed E-state index contributed by atoms with van der Waals surface area (Å²) < 4.78 is 26.9. The van der Waals surface area contributed by atoms with E-state index in [1.54, 1.807) is 42.5 Å². The van der Waals surface area contributed by atoms with E-state index in [1.807, 2.05) is 26.0 Å². The minimum Gasteiger partial charge on any atom is -0.493 e. The van der Waals surface area contributed by atoms with Gasteiger partial charge in [-0.25, -0.2) is 14.6 Å². The molecule has 0 radical (unpaired) electrons. The number of esters is 3. The van der Waals surface area contributed by atoms with E-state index in [1.165, 1.54) is 26.2 Å². The molecule has 0 bridgehead atoms. The van der Waals surface area contributed by atoms with Gasteiger partial charge in [0.2, 0.25) is 5.90 Å². The standard InChI is InChI=1S/C29H25NO8/c1-5-35-26-15-19(8-12-24(26)37-28(32)20-9-6-17(2)7-10-20)14-22-29(33)38-27(30-22)21-11-13-23(36-18(3)31)25(16-21)34-4/h6-16H,5H2,1-4H3/b22-14-. The number of rotatable bonds is 8. The molecule has 0 saturated heterocycles. The fraction of sp³-hybridized carbons (Fsp3) is 0.172. The van der Waals surface area contributed by atoms with Gasteiger partial charge in [-0.3, -0.25) is 4.79 Å². The SMILES string of the molecule is CCOc1cc(/C=C2\N=C(c3ccc(OC(C)=O)c(OC)c3)OC2=O)ccc1OC(=O)c1ccc(C)cc1. The third-order valence-electron chi connectivity index (χ3n) is 5.35. The van der Waals surface area contributed by atoms with E-state index in [0.29, 0.717) is 29.0 Å². The highest BCUT2D eigenvalue weighted by Gasteiger charge is 2.25. The molecular formula is C29H25NO8. The summed E-state index contributed by atoms with van der Waals surface area (Å²) in [6.45, 7) is 5.36. The van der Waals surface area contributed by atoms with Crippen LogP contribution in [0, 0.1) is 6.92 Å². The molecule has 1 aliphatic rings. The Morgan fingerprint density at radius 3 is 2.32 bits per heavy atom. The molecule has 0 saturated carbocycles. The van der Waals surface area contributed by atoms with Crippen molar-refractivity contribution in [1.82, 2.24) is 0 Å². The first-order valence-corrected chi connectivity index (χ1v) is 11.7. The molecule has 0 unspecified atom stereocenters. The maximum absolute atomic E-state index is 12.6. The average molecular weight is 516 g/mol. The van der Waals surface area contributed by atoms with Crippen LogP contribution in [0.15, 0.2) is 71.4 Å². The van der Waals surface area contributed by atoms with Crippen LogP contribution in [0.2, 0.25) is 0 Å². The Morgan fingerprint density at radius 1 is 0.921 bits per heavy atom. The van der Waals surface area contributed by atoms with Crippen LogP contribution in [0.1, 0.15) is 40.9 Å². The number of ether oxygens (including phenoxy) is 5. The van der Waals surface area contributed by atoms with Crippen LogP contribution in [-0.2, 0) is 14.3 Å². The lowest BCUT2D eigenvalue weighted by Crippen LogP contribution is -2.09. The largest absolute Gasteiger partial charge is 0.493 e. The molecule has 194 valence electrons. The summed E-state index contributed by atoms with van der Waals surface area (Å²) in [7, 11) is 1.43. The monoisotopic (exact) mass is 515 g/mol. The number of benzene rings is 3. The Labute approximate surface area is 219 Å². The van der Waals surface area contributed by atoms with Gasteiger partial charge >= 0.3 is 17.9 Å². The highest BCUT2D eigenvalue weighted by Crippen LogP contribution is 2.32. The molecule has 0 atom stereocenters. The van der Waals surface area contributed by atoms with Crippen LogP contribution in [0.3, 0.4) is 0 Å². The lowest BCUT2D eigenvalue weighted by Gasteiger charge is -2.11. The zero-order valence-electron chi connectivity index (χ0n) is 21.3. The summed E-state index contributed by atoms with van der Waals surface area (Å²) in [5.74, 6) is -0.476. The summed E-state index contributed by atoms with van der Waals surface area (Å²) in [6.07, 6.45) is 1.54. The quantitative estimate of drug-likeness (QED) is 0.237. The maximum Gasteiger partial charge on any atom is 0.363 e. The molecule has 0 amide bonds. The molecule has 1 heterocycles. The van der Waals surface area contributed by atoms with Gasteiger partial charge in [0, 0.05) is 12.5 Å². The Hall–Kier alpha value is -4.92. The van der Waals surface area contributed by atoms with Gasteiger partial charge in [-0.15, -0.1) is 0 Å². The number of aryl methyl sites for hydroxylation is 1. The second-order valence-corrected chi connectivity index (χ2v) is 8.19. The highest BCUT2D eigenvalue weighted by atomic mass is 16.6. The fourth-order valence-corrected chi connectivity index (χ4v) is 3.55. The first kappa shape index (κ1) is 26.2. The van der Waals surface area contributed by atoms with E-state index in [-0.39, 0.29) is 28.8 Å². The molecule has 0 spiro atoms. The Kier molecular flexibility index (Phi) is 7.86. The average Bonchev–Trinajstić information content (AvgIpc) is 3.25. The fourth-order valence-electron chi connectivity index (χ4n) is 3.55. The van der Waals surface area contributed by atoms with Crippen molar-refractivity contribution in [2.24, 2.45) is 4.99 Å². The van der Waals surface area contributed by atoms with Gasteiger partial charge in [-0.05, 0) is 68.0 Å². The minimum absolute atomic E-state index is 0.0647. The lowest BCUT2D eigenvalue weighted by atomic mass is 10.1. The normalized spacial score (nSPS) is 13.5. The molecule has 3 aromatic carbocycles. The maximum atomic E-state index is 12.6. The van der Waals surface area contributed by atoms with Gasteiger partial charge in [-0.2, -0.15) is 0 Å². The van der Waals surface area contributed by atoms with Crippen molar-refractivity contribution >= 4 is 29.9 Å². The van der Waals surface area contributed by atoms with Crippen LogP contribution in [0.4, 0.5) is 0 Å². The molecule has 38 heavy (non-hydrogen) atoms. The van der Waals surface area contributed by atoms with E-state index >= 15 is 0 Å². The van der Waals surface area contributed by atoms with Crippen molar-refractivity contribution in [3.63, 3.8) is 0 Å². The summed E-state index contributed by atoms with van der Waals surface area (Å²) in [5, 5.41) is 0. The minimum atomic E-state index is -0.643. The smallest absolute Gasteiger partial charge is 0.363 e. The molecular weight excluding hydrogens is 490 g/mol. The summed E-state index contributed by atoms with van der Waals surface area (Å²) in [5.41, 5.74) is 2.56. The van der Waals surface area contributed by atoms with Crippen molar-refractivity contribution < 1.29 is 38.1 Å². The third-order valence-corrected chi connectivity index (χ3v) is 5.35. The topological polar surface area (TPSA) is 110 Å². The van der Waals surface area contributed by atoms with E-state index in [4.69, 9.17) is 23.7 Å². The van der Waals surface area contributed by atoms with Crippen LogP contribution in [-0.4, -0.2) is 37.5 Å². The number of cyclic esters (lactones) is 1. The molecule has 0 aliphatic carbocycles.